The molecule has 1 fully saturated rings. The SMILES string of the molecule is NC1CCc2nc(C3CCNCC3)nn2C1. The standard InChI is InChI=1S/C11H19N5/c12-9-1-2-10-14-11(15-16(10)7-9)8-3-5-13-6-4-8/h8-9,13H,1-7,12H2. The number of aromatic nitrogens is 3. The second-order valence-electron chi connectivity index (χ2n) is 4.89. The molecule has 0 saturated carbocycles. The van der Waals surface area contributed by atoms with Gasteiger partial charge in [0.25, 0.3) is 0 Å². The van der Waals surface area contributed by atoms with Gasteiger partial charge in [0.2, 0.25) is 0 Å². The highest BCUT2D eigenvalue weighted by molar-refractivity contribution is 5.03. The van der Waals surface area contributed by atoms with E-state index < -0.39 is 0 Å². The van der Waals surface area contributed by atoms with Crippen LogP contribution in [0.2, 0.25) is 0 Å². The van der Waals surface area contributed by atoms with Crippen LogP contribution in [0.25, 0.3) is 0 Å². The average Bonchev–Trinajstić information content (AvgIpc) is 2.73. The first-order valence-corrected chi connectivity index (χ1v) is 6.23. The van der Waals surface area contributed by atoms with Crippen LogP contribution in [0.4, 0.5) is 0 Å². The van der Waals surface area contributed by atoms with Crippen molar-refractivity contribution in [2.75, 3.05) is 13.1 Å². The van der Waals surface area contributed by atoms with Crippen molar-refractivity contribution in [3.05, 3.63) is 11.6 Å². The Labute approximate surface area is 95.4 Å². The molecule has 3 rings (SSSR count). The smallest absolute Gasteiger partial charge is 0.154 e. The van der Waals surface area contributed by atoms with Crippen molar-refractivity contribution in [1.29, 1.82) is 0 Å². The molecule has 3 heterocycles. The Kier molecular flexibility index (Phi) is 2.65. The molecule has 2 aliphatic heterocycles. The van der Waals surface area contributed by atoms with Gasteiger partial charge < -0.3 is 11.1 Å². The predicted octanol–water partition coefficient (Wildman–Crippen LogP) is 0.0186. The molecule has 3 N–H and O–H groups in total. The Morgan fingerprint density at radius 3 is 2.88 bits per heavy atom. The Morgan fingerprint density at radius 1 is 1.25 bits per heavy atom. The molecular formula is C11H19N5. The quantitative estimate of drug-likeness (QED) is 0.701. The largest absolute Gasteiger partial charge is 0.326 e. The van der Waals surface area contributed by atoms with E-state index in [0.717, 1.165) is 57.0 Å². The summed E-state index contributed by atoms with van der Waals surface area (Å²) in [5, 5.41) is 7.99. The third-order valence-electron chi connectivity index (χ3n) is 3.62. The van der Waals surface area contributed by atoms with Crippen LogP contribution < -0.4 is 11.1 Å². The number of aryl methyl sites for hydroxylation is 1. The van der Waals surface area contributed by atoms with Gasteiger partial charge in [-0.2, -0.15) is 5.10 Å². The summed E-state index contributed by atoms with van der Waals surface area (Å²) in [5.74, 6) is 2.73. The molecule has 1 unspecified atom stereocenters. The fraction of sp³-hybridized carbons (Fsp3) is 0.818. The lowest BCUT2D eigenvalue weighted by Crippen LogP contribution is -2.32. The van der Waals surface area contributed by atoms with E-state index in [9.17, 15) is 0 Å². The van der Waals surface area contributed by atoms with E-state index in [-0.39, 0.29) is 6.04 Å². The number of nitrogens with one attached hydrogen (secondary N) is 1. The Balaban J connectivity index is 1.80. The summed E-state index contributed by atoms with van der Waals surface area (Å²) in [6.45, 7) is 3.02. The third kappa shape index (κ3) is 1.85. The van der Waals surface area contributed by atoms with Crippen LogP contribution in [0.15, 0.2) is 0 Å². The zero-order valence-corrected chi connectivity index (χ0v) is 9.52. The maximum atomic E-state index is 5.94. The second kappa shape index (κ2) is 4.14. The zero-order valence-electron chi connectivity index (χ0n) is 9.52. The zero-order chi connectivity index (χ0) is 11.0. The molecule has 0 radical (unpaired) electrons. The predicted molar refractivity (Wildman–Crippen MR) is 61.2 cm³/mol. The fourth-order valence-electron chi connectivity index (χ4n) is 2.61. The first kappa shape index (κ1) is 10.2. The number of nitrogens with zero attached hydrogens (tertiary/aromatic N) is 3. The van der Waals surface area contributed by atoms with E-state index in [2.05, 4.69) is 15.4 Å². The molecule has 0 amide bonds. The topological polar surface area (TPSA) is 68.8 Å². The summed E-state index contributed by atoms with van der Waals surface area (Å²) in [6, 6.07) is 0.259. The summed E-state index contributed by atoms with van der Waals surface area (Å²) >= 11 is 0. The highest BCUT2D eigenvalue weighted by Gasteiger charge is 2.24. The first-order valence-electron chi connectivity index (χ1n) is 6.23. The molecule has 1 atom stereocenters. The minimum Gasteiger partial charge on any atom is -0.326 e. The molecule has 0 aromatic carbocycles. The highest BCUT2D eigenvalue weighted by Crippen LogP contribution is 2.23. The molecule has 1 saturated heterocycles. The molecule has 1 aromatic heterocycles. The fourth-order valence-corrected chi connectivity index (χ4v) is 2.61. The van der Waals surface area contributed by atoms with Gasteiger partial charge in [0.15, 0.2) is 5.82 Å². The van der Waals surface area contributed by atoms with Crippen molar-refractivity contribution < 1.29 is 0 Å². The lowest BCUT2D eigenvalue weighted by Gasteiger charge is -2.19. The van der Waals surface area contributed by atoms with Crippen LogP contribution >= 0.6 is 0 Å². The summed E-state index contributed by atoms with van der Waals surface area (Å²) in [7, 11) is 0. The number of hydrogen-bond donors (Lipinski definition) is 2. The number of fused-ring (bicyclic) bond motifs is 1. The van der Waals surface area contributed by atoms with Crippen molar-refractivity contribution in [1.82, 2.24) is 20.1 Å². The van der Waals surface area contributed by atoms with E-state index in [1.807, 2.05) is 4.68 Å². The molecule has 0 spiro atoms. The van der Waals surface area contributed by atoms with E-state index in [1.54, 1.807) is 0 Å². The summed E-state index contributed by atoms with van der Waals surface area (Å²) in [5.41, 5.74) is 5.94. The van der Waals surface area contributed by atoms with Gasteiger partial charge in [0.1, 0.15) is 5.82 Å². The minimum absolute atomic E-state index is 0.259. The van der Waals surface area contributed by atoms with E-state index in [1.165, 1.54) is 0 Å². The van der Waals surface area contributed by atoms with Gasteiger partial charge in [0.05, 0.1) is 6.54 Å². The van der Waals surface area contributed by atoms with Gasteiger partial charge in [-0.3, -0.25) is 0 Å². The summed E-state index contributed by atoms with van der Waals surface area (Å²) in [4.78, 5) is 4.68. The third-order valence-corrected chi connectivity index (χ3v) is 3.62. The van der Waals surface area contributed by atoms with Gasteiger partial charge >= 0.3 is 0 Å². The van der Waals surface area contributed by atoms with Gasteiger partial charge in [-0.1, -0.05) is 0 Å². The minimum atomic E-state index is 0.259. The lowest BCUT2D eigenvalue weighted by molar-refractivity contribution is 0.413. The molecule has 2 aliphatic rings. The average molecular weight is 221 g/mol. The maximum Gasteiger partial charge on any atom is 0.154 e. The lowest BCUT2D eigenvalue weighted by atomic mass is 9.98. The number of piperidine rings is 1. The molecular weight excluding hydrogens is 202 g/mol. The van der Waals surface area contributed by atoms with Crippen molar-refractivity contribution in [2.45, 2.75) is 44.2 Å². The Bertz CT molecular complexity index is 366. The Hall–Kier alpha value is -0.940. The number of rotatable bonds is 1. The van der Waals surface area contributed by atoms with Crippen LogP contribution in [0.5, 0.6) is 0 Å². The summed E-state index contributed by atoms with van der Waals surface area (Å²) in [6.07, 6.45) is 4.36. The second-order valence-corrected chi connectivity index (χ2v) is 4.89. The normalized spacial score (nSPS) is 26.7. The molecule has 16 heavy (non-hydrogen) atoms. The van der Waals surface area contributed by atoms with Crippen LogP contribution in [-0.4, -0.2) is 33.9 Å². The van der Waals surface area contributed by atoms with Crippen LogP contribution in [0, 0.1) is 0 Å². The molecule has 0 bridgehead atoms. The monoisotopic (exact) mass is 221 g/mol. The first-order chi connectivity index (χ1) is 7.83. The molecule has 0 aliphatic carbocycles. The molecule has 5 heteroatoms. The van der Waals surface area contributed by atoms with Crippen molar-refractivity contribution in [2.24, 2.45) is 5.73 Å². The van der Waals surface area contributed by atoms with Gasteiger partial charge in [-0.05, 0) is 32.4 Å². The number of nitrogens with two attached hydrogens (primary N) is 1. The van der Waals surface area contributed by atoms with Gasteiger partial charge in [-0.15, -0.1) is 0 Å². The van der Waals surface area contributed by atoms with Gasteiger partial charge in [-0.25, -0.2) is 9.67 Å². The van der Waals surface area contributed by atoms with Crippen molar-refractivity contribution in [3.8, 4) is 0 Å². The van der Waals surface area contributed by atoms with Gasteiger partial charge in [0, 0.05) is 18.4 Å². The number of hydrogen-bond acceptors (Lipinski definition) is 4. The van der Waals surface area contributed by atoms with E-state index >= 15 is 0 Å². The van der Waals surface area contributed by atoms with E-state index in [0.29, 0.717) is 5.92 Å². The van der Waals surface area contributed by atoms with Crippen LogP contribution in [-0.2, 0) is 13.0 Å². The maximum absolute atomic E-state index is 5.94. The van der Waals surface area contributed by atoms with E-state index in [4.69, 9.17) is 5.73 Å². The molecule has 5 nitrogen and oxygen atoms in total. The molecule has 1 aromatic rings. The van der Waals surface area contributed by atoms with Crippen molar-refractivity contribution >= 4 is 0 Å². The Morgan fingerprint density at radius 2 is 2.06 bits per heavy atom. The summed E-state index contributed by atoms with van der Waals surface area (Å²) < 4.78 is 2.02. The van der Waals surface area contributed by atoms with Crippen LogP contribution in [0.3, 0.4) is 0 Å². The van der Waals surface area contributed by atoms with Crippen molar-refractivity contribution in [3.63, 3.8) is 0 Å². The highest BCUT2D eigenvalue weighted by atomic mass is 15.4. The molecule has 88 valence electrons. The van der Waals surface area contributed by atoms with Crippen LogP contribution in [0.1, 0.15) is 36.8 Å².